The summed E-state index contributed by atoms with van der Waals surface area (Å²) < 4.78 is 0. The number of hydrogen-bond donors (Lipinski definition) is 4. The molecule has 6 nitrogen and oxygen atoms in total. The first-order valence-corrected chi connectivity index (χ1v) is 7.63. The fraction of sp³-hybridized carbons (Fsp3) is 0.400. The maximum absolute atomic E-state index is 11.1. The molecule has 4 N–H and O–H groups in total. The van der Waals surface area contributed by atoms with Crippen molar-refractivity contribution in [3.05, 3.63) is 29.3 Å². The van der Waals surface area contributed by atoms with Crippen LogP contribution in [0.1, 0.15) is 48.0 Å². The molecule has 1 aliphatic rings. The average Bonchev–Trinajstić information content (AvgIpc) is 2.48. The number of aromatic hydroxyl groups is 1. The van der Waals surface area contributed by atoms with Crippen molar-refractivity contribution in [2.75, 3.05) is 0 Å². The maximum Gasteiger partial charge on any atom is 0.340 e. The summed E-state index contributed by atoms with van der Waals surface area (Å²) in [6, 6.07) is 4.82. The molecule has 2 rings (SSSR count). The molecule has 0 aliphatic heterocycles. The molecule has 0 bridgehead atoms. The Morgan fingerprint density at radius 2 is 2.05 bits per heavy atom. The van der Waals surface area contributed by atoms with Crippen molar-refractivity contribution in [3.8, 4) is 5.75 Å². The van der Waals surface area contributed by atoms with Crippen LogP contribution in [0.4, 0.5) is 0 Å². The fourth-order valence-electron chi connectivity index (χ4n) is 2.52. The summed E-state index contributed by atoms with van der Waals surface area (Å²) in [5, 5.41) is 26.2. The van der Waals surface area contributed by atoms with E-state index in [0.29, 0.717) is 16.7 Å². The highest BCUT2D eigenvalue weighted by Crippen LogP contribution is 2.19. The predicted octanol–water partition coefficient (Wildman–Crippen LogP) is 2.22. The van der Waals surface area contributed by atoms with Gasteiger partial charge in [0.15, 0.2) is 5.11 Å². The first-order valence-electron chi connectivity index (χ1n) is 7.23. The highest BCUT2D eigenvalue weighted by molar-refractivity contribution is 7.80. The molecule has 0 atom stereocenters. The minimum Gasteiger partial charge on any atom is -0.507 e. The number of benzene rings is 1. The Balaban J connectivity index is 1.93. The summed E-state index contributed by atoms with van der Waals surface area (Å²) in [6.07, 6.45) is 7.20. The van der Waals surface area contributed by atoms with Crippen LogP contribution >= 0.6 is 12.2 Å². The van der Waals surface area contributed by atoms with Gasteiger partial charge in [-0.3, -0.25) is 5.43 Å². The number of phenols is 1. The second-order valence-electron chi connectivity index (χ2n) is 5.22. The number of nitrogens with zero attached hydrogens (tertiary/aromatic N) is 1. The normalized spacial score (nSPS) is 15.6. The van der Waals surface area contributed by atoms with Crippen molar-refractivity contribution >= 4 is 29.5 Å². The Bertz CT molecular complexity index is 583. The van der Waals surface area contributed by atoms with Gasteiger partial charge in [-0.1, -0.05) is 31.4 Å². The van der Waals surface area contributed by atoms with Gasteiger partial charge >= 0.3 is 5.97 Å². The van der Waals surface area contributed by atoms with Crippen LogP contribution in [0.3, 0.4) is 0 Å². The highest BCUT2D eigenvalue weighted by Gasteiger charge is 2.14. The fourth-order valence-corrected chi connectivity index (χ4v) is 2.74. The minimum absolute atomic E-state index is 0.181. The summed E-state index contributed by atoms with van der Waals surface area (Å²) in [5.74, 6) is -1.50. The Morgan fingerprint density at radius 3 is 2.73 bits per heavy atom. The zero-order valence-electron chi connectivity index (χ0n) is 12.1. The summed E-state index contributed by atoms with van der Waals surface area (Å²) in [7, 11) is 0. The van der Waals surface area contributed by atoms with E-state index in [0.717, 1.165) is 12.8 Å². The Labute approximate surface area is 134 Å². The number of rotatable bonds is 4. The molecule has 1 aromatic carbocycles. The predicted molar refractivity (Wildman–Crippen MR) is 88.4 cm³/mol. The van der Waals surface area contributed by atoms with Crippen LogP contribution in [0.15, 0.2) is 23.3 Å². The molecule has 1 saturated carbocycles. The number of aromatic carboxylic acids is 1. The molecule has 118 valence electrons. The van der Waals surface area contributed by atoms with Gasteiger partial charge in [-0.25, -0.2) is 4.79 Å². The number of carbonyl (C=O) groups is 1. The van der Waals surface area contributed by atoms with Gasteiger partial charge in [-0.2, -0.15) is 5.10 Å². The molecule has 0 spiro atoms. The van der Waals surface area contributed by atoms with Crippen LogP contribution < -0.4 is 10.7 Å². The number of hydrazone groups is 1. The zero-order chi connectivity index (χ0) is 15.9. The van der Waals surface area contributed by atoms with Crippen LogP contribution in [0, 0.1) is 0 Å². The minimum atomic E-state index is -1.21. The Morgan fingerprint density at radius 1 is 1.32 bits per heavy atom. The smallest absolute Gasteiger partial charge is 0.340 e. The topological polar surface area (TPSA) is 94.0 Å². The molecule has 1 aromatic rings. The van der Waals surface area contributed by atoms with Gasteiger partial charge in [0.2, 0.25) is 0 Å². The number of hydrogen-bond acceptors (Lipinski definition) is 4. The number of nitrogens with one attached hydrogen (secondary N) is 2. The Hall–Kier alpha value is -2.15. The van der Waals surface area contributed by atoms with Crippen LogP contribution in [0.25, 0.3) is 0 Å². The maximum atomic E-state index is 11.1. The van der Waals surface area contributed by atoms with Crippen molar-refractivity contribution in [2.24, 2.45) is 5.10 Å². The zero-order valence-corrected chi connectivity index (χ0v) is 12.9. The molecule has 0 heterocycles. The first kappa shape index (κ1) is 16.2. The quantitative estimate of drug-likeness (QED) is 0.386. The molecular formula is C15H19N3O3S. The van der Waals surface area contributed by atoms with E-state index in [9.17, 15) is 9.90 Å². The molecule has 0 radical (unpaired) electrons. The van der Waals surface area contributed by atoms with Crippen molar-refractivity contribution in [1.29, 1.82) is 0 Å². The van der Waals surface area contributed by atoms with E-state index in [1.54, 1.807) is 12.1 Å². The molecule has 0 amide bonds. The summed E-state index contributed by atoms with van der Waals surface area (Å²) in [4.78, 5) is 11.1. The van der Waals surface area contributed by atoms with Gasteiger partial charge in [0, 0.05) is 11.6 Å². The standard InChI is InChI=1S/C15H19N3O3S/c19-12-8-4-5-10(13(12)14(20)21)9-16-18-15(22)17-11-6-2-1-3-7-11/h4-5,8-9,11,19H,1-3,6-7H2,(H,20,21)(H2,17,18,22)/b16-9+. The van der Waals surface area contributed by atoms with Crippen molar-refractivity contribution in [3.63, 3.8) is 0 Å². The largest absolute Gasteiger partial charge is 0.507 e. The van der Waals surface area contributed by atoms with Crippen molar-refractivity contribution in [2.45, 2.75) is 38.1 Å². The van der Waals surface area contributed by atoms with Gasteiger partial charge in [0.05, 0.1) is 6.21 Å². The number of thiocarbonyl (C=S) groups is 1. The third kappa shape index (κ3) is 4.42. The third-order valence-electron chi connectivity index (χ3n) is 3.60. The van der Waals surface area contributed by atoms with E-state index in [-0.39, 0.29) is 11.3 Å². The Kier molecular flexibility index (Phi) is 5.71. The van der Waals surface area contributed by atoms with E-state index < -0.39 is 5.97 Å². The lowest BCUT2D eigenvalue weighted by molar-refractivity contribution is 0.0693. The summed E-state index contributed by atoms with van der Waals surface area (Å²) in [6.45, 7) is 0. The SMILES string of the molecule is O=C(O)c1c(O)cccc1/C=N/NC(=S)NC1CCCCC1. The average molecular weight is 321 g/mol. The molecule has 1 fully saturated rings. The van der Waals surface area contributed by atoms with Crippen molar-refractivity contribution < 1.29 is 15.0 Å². The highest BCUT2D eigenvalue weighted by atomic mass is 32.1. The number of carboxylic acid groups (broad SMARTS) is 1. The lowest BCUT2D eigenvalue weighted by Gasteiger charge is -2.23. The van der Waals surface area contributed by atoms with Gasteiger partial charge in [0.1, 0.15) is 11.3 Å². The molecule has 0 aromatic heterocycles. The van der Waals surface area contributed by atoms with Crippen LogP contribution in [0.2, 0.25) is 0 Å². The van der Waals surface area contributed by atoms with Crippen LogP contribution in [-0.4, -0.2) is 33.6 Å². The summed E-state index contributed by atoms with van der Waals surface area (Å²) >= 11 is 5.16. The molecule has 0 unspecified atom stereocenters. The third-order valence-corrected chi connectivity index (χ3v) is 3.81. The lowest BCUT2D eigenvalue weighted by atomic mass is 9.96. The molecule has 1 aliphatic carbocycles. The van der Waals surface area contributed by atoms with Gasteiger partial charge < -0.3 is 15.5 Å². The van der Waals surface area contributed by atoms with E-state index in [2.05, 4.69) is 15.8 Å². The molecule has 0 saturated heterocycles. The second kappa shape index (κ2) is 7.74. The number of carboxylic acids is 1. The monoisotopic (exact) mass is 321 g/mol. The molecule has 22 heavy (non-hydrogen) atoms. The van der Waals surface area contributed by atoms with E-state index >= 15 is 0 Å². The first-order chi connectivity index (χ1) is 10.6. The van der Waals surface area contributed by atoms with E-state index in [1.807, 2.05) is 0 Å². The lowest BCUT2D eigenvalue weighted by Crippen LogP contribution is -2.40. The van der Waals surface area contributed by atoms with Gasteiger partial charge in [0.25, 0.3) is 0 Å². The van der Waals surface area contributed by atoms with E-state index in [1.165, 1.54) is 31.5 Å². The molecular weight excluding hydrogens is 302 g/mol. The second-order valence-corrected chi connectivity index (χ2v) is 5.63. The van der Waals surface area contributed by atoms with Crippen molar-refractivity contribution in [1.82, 2.24) is 10.7 Å². The van der Waals surface area contributed by atoms with Crippen LogP contribution in [0.5, 0.6) is 5.75 Å². The van der Waals surface area contributed by atoms with Gasteiger partial charge in [-0.05, 0) is 31.1 Å². The summed E-state index contributed by atoms with van der Waals surface area (Å²) in [5.41, 5.74) is 2.80. The molecule has 7 heteroatoms. The van der Waals surface area contributed by atoms with E-state index in [4.69, 9.17) is 17.3 Å². The van der Waals surface area contributed by atoms with Crippen LogP contribution in [-0.2, 0) is 0 Å². The van der Waals surface area contributed by atoms with Gasteiger partial charge in [-0.15, -0.1) is 0 Å².